The van der Waals surface area contributed by atoms with E-state index in [0.717, 1.165) is 16.8 Å². The molecule has 2 aromatic rings. The van der Waals surface area contributed by atoms with Crippen molar-refractivity contribution in [2.75, 3.05) is 16.8 Å². The van der Waals surface area contributed by atoms with Gasteiger partial charge in [0.15, 0.2) is 0 Å². The minimum Gasteiger partial charge on any atom is -0.325 e. The number of benzene rings is 2. The molecule has 5 heteroatoms. The molecule has 126 valence electrons. The molecular weight excluding hydrogens is 314 g/mol. The number of anilines is 2. The van der Waals surface area contributed by atoms with E-state index in [4.69, 9.17) is 5.26 Å². The average molecular weight is 333 g/mol. The molecule has 0 saturated carbocycles. The lowest BCUT2D eigenvalue weighted by molar-refractivity contribution is -0.122. The maximum atomic E-state index is 12.5. The van der Waals surface area contributed by atoms with Crippen molar-refractivity contribution >= 4 is 23.2 Å². The van der Waals surface area contributed by atoms with E-state index in [9.17, 15) is 9.59 Å². The Hall–Kier alpha value is -3.13. The van der Waals surface area contributed by atoms with E-state index in [2.05, 4.69) is 11.4 Å². The van der Waals surface area contributed by atoms with Crippen LogP contribution in [0.25, 0.3) is 0 Å². The molecule has 0 bridgehead atoms. The molecule has 1 aliphatic heterocycles. The van der Waals surface area contributed by atoms with Gasteiger partial charge < -0.3 is 10.2 Å². The molecule has 2 aromatic carbocycles. The maximum absolute atomic E-state index is 12.5. The number of hydrogen-bond acceptors (Lipinski definition) is 3. The fraction of sp³-hybridized carbons (Fsp3) is 0.250. The number of rotatable bonds is 3. The Labute approximate surface area is 146 Å². The third kappa shape index (κ3) is 3.53. The molecule has 25 heavy (non-hydrogen) atoms. The summed E-state index contributed by atoms with van der Waals surface area (Å²) < 4.78 is 0. The van der Waals surface area contributed by atoms with Crippen molar-refractivity contribution < 1.29 is 9.59 Å². The lowest BCUT2D eigenvalue weighted by Crippen LogP contribution is -2.28. The molecule has 1 heterocycles. The first-order valence-electron chi connectivity index (χ1n) is 8.16. The van der Waals surface area contributed by atoms with Crippen molar-refractivity contribution in [1.82, 2.24) is 0 Å². The van der Waals surface area contributed by atoms with Crippen LogP contribution in [0.3, 0.4) is 0 Å². The van der Waals surface area contributed by atoms with Crippen molar-refractivity contribution in [3.8, 4) is 6.07 Å². The molecule has 1 N–H and O–H groups in total. The summed E-state index contributed by atoms with van der Waals surface area (Å²) in [6, 6.07) is 14.9. The average Bonchev–Trinajstić information content (AvgIpc) is 2.96. The van der Waals surface area contributed by atoms with Crippen LogP contribution < -0.4 is 10.2 Å². The first-order valence-corrected chi connectivity index (χ1v) is 8.16. The van der Waals surface area contributed by atoms with Crippen LogP contribution in [0.15, 0.2) is 42.5 Å². The Balaban J connectivity index is 1.76. The summed E-state index contributed by atoms with van der Waals surface area (Å²) >= 11 is 0. The van der Waals surface area contributed by atoms with Crippen LogP contribution in [0, 0.1) is 31.1 Å². The van der Waals surface area contributed by atoms with Gasteiger partial charge in [-0.25, -0.2) is 0 Å². The Morgan fingerprint density at radius 3 is 2.56 bits per heavy atom. The number of nitrogens with one attached hydrogen (secondary N) is 1. The lowest BCUT2D eigenvalue weighted by atomic mass is 10.1. The molecule has 1 aliphatic rings. The normalized spacial score (nSPS) is 16.6. The molecule has 0 radical (unpaired) electrons. The topological polar surface area (TPSA) is 73.2 Å². The summed E-state index contributed by atoms with van der Waals surface area (Å²) in [5.74, 6) is -0.721. The molecule has 1 unspecified atom stereocenters. The first kappa shape index (κ1) is 16.7. The van der Waals surface area contributed by atoms with Gasteiger partial charge in [-0.3, -0.25) is 9.59 Å². The maximum Gasteiger partial charge on any atom is 0.229 e. The van der Waals surface area contributed by atoms with Gasteiger partial charge in [0.1, 0.15) is 6.07 Å². The predicted octanol–water partition coefficient (Wildman–Crippen LogP) is 3.17. The predicted molar refractivity (Wildman–Crippen MR) is 96.2 cm³/mol. The third-order valence-electron chi connectivity index (χ3n) is 4.32. The van der Waals surface area contributed by atoms with E-state index in [0.29, 0.717) is 17.8 Å². The number of amides is 2. The van der Waals surface area contributed by atoms with Crippen molar-refractivity contribution in [3.63, 3.8) is 0 Å². The van der Waals surface area contributed by atoms with Gasteiger partial charge in [0, 0.05) is 18.7 Å². The largest absolute Gasteiger partial charge is 0.325 e. The molecule has 0 spiro atoms. The molecule has 1 saturated heterocycles. The number of nitriles is 1. The van der Waals surface area contributed by atoms with Gasteiger partial charge in [0.2, 0.25) is 11.8 Å². The van der Waals surface area contributed by atoms with Crippen LogP contribution in [0.1, 0.15) is 23.1 Å². The monoisotopic (exact) mass is 333 g/mol. The Bertz CT molecular complexity index is 863. The Morgan fingerprint density at radius 1 is 1.20 bits per heavy atom. The molecular formula is C20H19N3O2. The van der Waals surface area contributed by atoms with Crippen LogP contribution in [-0.4, -0.2) is 18.4 Å². The van der Waals surface area contributed by atoms with Gasteiger partial charge in [-0.1, -0.05) is 18.2 Å². The summed E-state index contributed by atoms with van der Waals surface area (Å²) in [7, 11) is 0. The van der Waals surface area contributed by atoms with Crippen molar-refractivity contribution in [3.05, 3.63) is 59.2 Å². The van der Waals surface area contributed by atoms with Crippen LogP contribution in [0.2, 0.25) is 0 Å². The third-order valence-corrected chi connectivity index (χ3v) is 4.32. The van der Waals surface area contributed by atoms with Crippen LogP contribution in [0.5, 0.6) is 0 Å². The molecule has 1 fully saturated rings. The zero-order valence-electron chi connectivity index (χ0n) is 14.2. The minimum atomic E-state index is -0.430. The van der Waals surface area contributed by atoms with Gasteiger partial charge >= 0.3 is 0 Å². The van der Waals surface area contributed by atoms with Gasteiger partial charge in [0.05, 0.1) is 17.2 Å². The van der Waals surface area contributed by atoms with E-state index in [1.807, 2.05) is 32.0 Å². The van der Waals surface area contributed by atoms with Crippen molar-refractivity contribution in [1.29, 1.82) is 5.26 Å². The molecule has 0 aromatic heterocycles. The summed E-state index contributed by atoms with van der Waals surface area (Å²) in [6.07, 6.45) is 0.174. The zero-order chi connectivity index (χ0) is 18.0. The standard InChI is InChI=1S/C20H19N3O2/c1-13-7-14(2)9-17(8-13)23-12-16(10-19(23)24)20(25)22-18-6-4-3-5-15(18)11-21/h3-9,16H,10,12H2,1-2H3,(H,22,25). The highest BCUT2D eigenvalue weighted by Crippen LogP contribution is 2.28. The molecule has 1 atom stereocenters. The van der Waals surface area contributed by atoms with Crippen molar-refractivity contribution in [2.45, 2.75) is 20.3 Å². The SMILES string of the molecule is Cc1cc(C)cc(N2CC(C(=O)Nc3ccccc3C#N)CC2=O)c1. The van der Waals surface area contributed by atoms with E-state index in [-0.39, 0.29) is 18.2 Å². The number of nitrogens with zero attached hydrogens (tertiary/aromatic N) is 2. The molecule has 0 aliphatic carbocycles. The Morgan fingerprint density at radius 2 is 1.88 bits per heavy atom. The van der Waals surface area contributed by atoms with Gasteiger partial charge in [0.25, 0.3) is 0 Å². The fourth-order valence-corrected chi connectivity index (χ4v) is 3.16. The minimum absolute atomic E-state index is 0.0567. The summed E-state index contributed by atoms with van der Waals surface area (Å²) in [4.78, 5) is 26.6. The smallest absolute Gasteiger partial charge is 0.229 e. The van der Waals surface area contributed by atoms with Gasteiger partial charge in [-0.2, -0.15) is 5.26 Å². The number of para-hydroxylation sites is 1. The number of aryl methyl sites for hydroxylation is 2. The summed E-state index contributed by atoms with van der Waals surface area (Å²) in [5, 5.41) is 11.9. The number of carbonyl (C=O) groups is 2. The highest BCUT2D eigenvalue weighted by atomic mass is 16.2. The quantitative estimate of drug-likeness (QED) is 0.937. The van der Waals surface area contributed by atoms with Crippen LogP contribution in [0.4, 0.5) is 11.4 Å². The second-order valence-corrected chi connectivity index (χ2v) is 6.40. The highest BCUT2D eigenvalue weighted by Gasteiger charge is 2.35. The van der Waals surface area contributed by atoms with E-state index in [1.54, 1.807) is 29.2 Å². The second kappa shape index (κ2) is 6.78. The lowest BCUT2D eigenvalue weighted by Gasteiger charge is -2.18. The first-order chi connectivity index (χ1) is 12.0. The number of hydrogen-bond donors (Lipinski definition) is 1. The summed E-state index contributed by atoms with van der Waals surface area (Å²) in [6.45, 7) is 4.32. The van der Waals surface area contributed by atoms with Crippen LogP contribution >= 0.6 is 0 Å². The highest BCUT2D eigenvalue weighted by molar-refractivity contribution is 6.03. The van der Waals surface area contributed by atoms with E-state index < -0.39 is 5.92 Å². The van der Waals surface area contributed by atoms with Gasteiger partial charge in [-0.05, 0) is 49.2 Å². The van der Waals surface area contributed by atoms with Gasteiger partial charge in [-0.15, -0.1) is 0 Å². The molecule has 2 amide bonds. The van der Waals surface area contributed by atoms with Crippen LogP contribution in [-0.2, 0) is 9.59 Å². The fourth-order valence-electron chi connectivity index (χ4n) is 3.16. The van der Waals surface area contributed by atoms with Crippen molar-refractivity contribution in [2.24, 2.45) is 5.92 Å². The molecule has 3 rings (SSSR count). The van der Waals surface area contributed by atoms with E-state index >= 15 is 0 Å². The number of carbonyl (C=O) groups excluding carboxylic acids is 2. The zero-order valence-corrected chi connectivity index (χ0v) is 14.2. The second-order valence-electron chi connectivity index (χ2n) is 6.40. The summed E-state index contributed by atoms with van der Waals surface area (Å²) in [5.41, 5.74) is 3.88. The Kier molecular flexibility index (Phi) is 4.53. The molecule has 5 nitrogen and oxygen atoms in total. The van der Waals surface area contributed by atoms with E-state index in [1.165, 1.54) is 0 Å².